The predicted molar refractivity (Wildman–Crippen MR) is 153 cm³/mol. The van der Waals surface area contributed by atoms with Crippen LogP contribution in [0.5, 0.6) is 0 Å². The van der Waals surface area contributed by atoms with E-state index in [9.17, 15) is 19.2 Å². The number of nitrogens with two attached hydrogens (primary N) is 4. The molecule has 11 nitrogen and oxygen atoms in total. The van der Waals surface area contributed by atoms with Gasteiger partial charge in [-0.3, -0.25) is 24.0 Å². The zero-order valence-corrected chi connectivity index (χ0v) is 23.4. The largest absolute Gasteiger partial charge is 0.483 e. The summed E-state index contributed by atoms with van der Waals surface area (Å²) in [5.41, 5.74) is 23.7. The molecule has 0 spiro atoms. The summed E-state index contributed by atoms with van der Waals surface area (Å²) >= 11 is 0. The zero-order chi connectivity index (χ0) is 31.1. The van der Waals surface area contributed by atoms with Crippen LogP contribution >= 0.6 is 0 Å². The van der Waals surface area contributed by atoms with Crippen molar-refractivity contribution in [3.05, 3.63) is 71.8 Å². The topological polar surface area (TPSA) is 230 Å². The summed E-state index contributed by atoms with van der Waals surface area (Å²) in [5, 5.41) is 15.8. The van der Waals surface area contributed by atoms with E-state index in [-0.39, 0.29) is 38.8 Å². The highest BCUT2D eigenvalue weighted by atomic mass is 16.3. The van der Waals surface area contributed by atoms with Gasteiger partial charge in [-0.1, -0.05) is 78.7 Å². The van der Waals surface area contributed by atoms with E-state index in [1.165, 1.54) is 11.1 Å². The molecular formula is C29H44N4O7. The quantitative estimate of drug-likeness (QED) is 0.210. The number of benzene rings is 2. The predicted octanol–water partition coefficient (Wildman–Crippen LogP) is 1.66. The molecule has 0 fully saturated rings. The Hall–Kier alpha value is -4.25. The van der Waals surface area contributed by atoms with Crippen LogP contribution in [0.2, 0.25) is 0 Å². The number of aryl methyl sites for hydroxylation is 2. The molecule has 10 N–H and O–H groups in total. The first kappa shape index (κ1) is 37.9. The molecule has 0 heterocycles. The molecule has 2 rings (SSSR count). The molecule has 0 saturated carbocycles. The van der Waals surface area contributed by atoms with Crippen molar-refractivity contribution < 1.29 is 34.2 Å². The molecule has 222 valence electrons. The summed E-state index contributed by atoms with van der Waals surface area (Å²) in [7, 11) is 0. The van der Waals surface area contributed by atoms with Crippen LogP contribution < -0.4 is 22.9 Å². The van der Waals surface area contributed by atoms with Gasteiger partial charge in [0.05, 0.1) is 0 Å². The smallest absolute Gasteiger partial charge is 0.290 e. The van der Waals surface area contributed by atoms with Crippen molar-refractivity contribution in [3.8, 4) is 0 Å². The summed E-state index contributed by atoms with van der Waals surface area (Å²) in [6.45, 7) is 5.20. The van der Waals surface area contributed by atoms with Gasteiger partial charge in [0, 0.05) is 30.3 Å². The number of carboxylic acid groups (broad SMARTS) is 1. The van der Waals surface area contributed by atoms with E-state index in [0.29, 0.717) is 0 Å². The summed E-state index contributed by atoms with van der Waals surface area (Å²) in [6.07, 6.45) is 0.200. The molecule has 2 aromatic carbocycles. The van der Waals surface area contributed by atoms with Crippen molar-refractivity contribution in [3.63, 3.8) is 0 Å². The number of carbonyl (C=O) groups excluding carboxylic acids is 4. The lowest BCUT2D eigenvalue weighted by Crippen LogP contribution is -2.36. The molecular weight excluding hydrogens is 516 g/mol. The van der Waals surface area contributed by atoms with Crippen LogP contribution in [-0.2, 0) is 24.0 Å². The second-order valence-corrected chi connectivity index (χ2v) is 9.24. The van der Waals surface area contributed by atoms with Gasteiger partial charge in [0.1, 0.15) is 0 Å². The van der Waals surface area contributed by atoms with Crippen molar-refractivity contribution >= 4 is 30.1 Å². The molecule has 4 atom stereocenters. The second-order valence-electron chi connectivity index (χ2n) is 9.24. The van der Waals surface area contributed by atoms with Crippen LogP contribution in [0, 0.1) is 37.5 Å². The fraction of sp³-hybridized carbons (Fsp3) is 0.414. The minimum atomic E-state index is -0.823. The SMILES string of the molecule is CC(CC(CC(CC(CCO)C(N)=O)C(N)=O)C(N)=O)C(N)=O.Cc1ccccc1.Cc1ccccc1.O=CO. The summed E-state index contributed by atoms with van der Waals surface area (Å²) in [4.78, 5) is 54.0. The van der Waals surface area contributed by atoms with Gasteiger partial charge in [-0.25, -0.2) is 0 Å². The van der Waals surface area contributed by atoms with Crippen LogP contribution in [0.1, 0.15) is 43.7 Å². The first-order valence-electron chi connectivity index (χ1n) is 12.7. The normalized spacial score (nSPS) is 12.6. The third kappa shape index (κ3) is 19.8. The molecule has 0 radical (unpaired) electrons. The molecule has 11 heteroatoms. The molecule has 2 aromatic rings. The lowest BCUT2D eigenvalue weighted by atomic mass is 9.81. The van der Waals surface area contributed by atoms with Gasteiger partial charge in [-0.05, 0) is 39.5 Å². The Bertz CT molecular complexity index is 966. The summed E-state index contributed by atoms with van der Waals surface area (Å²) in [5.74, 6) is -5.55. The number of rotatable bonds is 12. The average molecular weight is 561 g/mol. The van der Waals surface area contributed by atoms with Crippen LogP contribution in [0.25, 0.3) is 0 Å². The number of amides is 4. The van der Waals surface area contributed by atoms with E-state index in [2.05, 4.69) is 38.1 Å². The lowest BCUT2D eigenvalue weighted by Gasteiger charge is -2.23. The number of hydrogen-bond acceptors (Lipinski definition) is 6. The molecule has 0 aliphatic carbocycles. The molecule has 0 aliphatic heterocycles. The Balaban J connectivity index is 0. The van der Waals surface area contributed by atoms with E-state index < -0.39 is 47.3 Å². The van der Waals surface area contributed by atoms with Gasteiger partial charge < -0.3 is 33.1 Å². The number of aliphatic hydroxyl groups excluding tert-OH is 1. The van der Waals surface area contributed by atoms with E-state index in [1.54, 1.807) is 6.92 Å². The molecule has 4 unspecified atom stereocenters. The molecule has 40 heavy (non-hydrogen) atoms. The second kappa shape index (κ2) is 22.7. The molecule has 0 aliphatic rings. The van der Waals surface area contributed by atoms with Gasteiger partial charge in [0.2, 0.25) is 23.6 Å². The molecule has 4 amide bonds. The van der Waals surface area contributed by atoms with Gasteiger partial charge in [-0.2, -0.15) is 0 Å². The van der Waals surface area contributed by atoms with Gasteiger partial charge in [0.15, 0.2) is 0 Å². The third-order valence-electron chi connectivity index (χ3n) is 5.83. The number of carbonyl (C=O) groups is 5. The van der Waals surface area contributed by atoms with Crippen molar-refractivity contribution in [1.29, 1.82) is 0 Å². The maximum Gasteiger partial charge on any atom is 0.290 e. The summed E-state index contributed by atoms with van der Waals surface area (Å²) < 4.78 is 0. The Morgan fingerprint density at radius 2 is 1.00 bits per heavy atom. The van der Waals surface area contributed by atoms with Gasteiger partial charge in [0.25, 0.3) is 6.47 Å². The first-order valence-corrected chi connectivity index (χ1v) is 12.7. The molecule has 0 saturated heterocycles. The third-order valence-corrected chi connectivity index (χ3v) is 5.83. The van der Waals surface area contributed by atoms with E-state index in [0.717, 1.165) is 0 Å². The molecule has 0 aromatic heterocycles. The van der Waals surface area contributed by atoms with Crippen molar-refractivity contribution in [1.82, 2.24) is 0 Å². The van der Waals surface area contributed by atoms with Gasteiger partial charge in [-0.15, -0.1) is 0 Å². The molecule has 0 bridgehead atoms. The maximum absolute atomic E-state index is 11.6. The summed E-state index contributed by atoms with van der Waals surface area (Å²) in [6, 6.07) is 20.5. The van der Waals surface area contributed by atoms with Crippen LogP contribution in [0.3, 0.4) is 0 Å². The van der Waals surface area contributed by atoms with Crippen LogP contribution in [-0.4, -0.2) is 46.9 Å². The lowest BCUT2D eigenvalue weighted by molar-refractivity contribution is -0.127. The minimum absolute atomic E-state index is 0.00248. The maximum atomic E-state index is 11.6. The fourth-order valence-corrected chi connectivity index (χ4v) is 3.49. The Morgan fingerprint density at radius 3 is 1.25 bits per heavy atom. The Labute approximate surface area is 235 Å². The van der Waals surface area contributed by atoms with Crippen LogP contribution in [0.4, 0.5) is 0 Å². The highest BCUT2D eigenvalue weighted by molar-refractivity contribution is 5.82. The number of primary amides is 4. The zero-order valence-electron chi connectivity index (χ0n) is 23.4. The van der Waals surface area contributed by atoms with Crippen molar-refractivity contribution in [2.45, 2.75) is 46.5 Å². The monoisotopic (exact) mass is 560 g/mol. The van der Waals surface area contributed by atoms with Crippen molar-refractivity contribution in [2.24, 2.45) is 46.6 Å². The minimum Gasteiger partial charge on any atom is -0.483 e. The Kier molecular flexibility index (Phi) is 21.5. The van der Waals surface area contributed by atoms with Crippen LogP contribution in [0.15, 0.2) is 60.7 Å². The Morgan fingerprint density at radius 1 is 0.675 bits per heavy atom. The highest BCUT2D eigenvalue weighted by Gasteiger charge is 2.30. The van der Waals surface area contributed by atoms with E-state index >= 15 is 0 Å². The number of aliphatic hydroxyl groups is 1. The fourth-order valence-electron chi connectivity index (χ4n) is 3.49. The van der Waals surface area contributed by atoms with Gasteiger partial charge >= 0.3 is 0 Å². The standard InChI is InChI=1S/C14H26N4O5.2C7H8.CH2O2/c1-7(11(15)20)4-9(13(17)22)6-10(14(18)23)5-8(2-3-19)12(16)21;2*1-7-5-3-2-4-6-7;2-1-3/h7-10,19H,2-6H2,1H3,(H2,15,20)(H2,16,21)(H2,17,22)(H2,18,23);2*2-6H,1H3;1H,(H,2,3). The first-order chi connectivity index (χ1) is 18.8. The average Bonchev–Trinajstić information content (AvgIpc) is 2.89. The van der Waals surface area contributed by atoms with E-state index in [4.69, 9.17) is 37.9 Å². The number of hydrogen-bond donors (Lipinski definition) is 6. The van der Waals surface area contributed by atoms with E-state index in [1.807, 2.05) is 36.4 Å². The highest BCUT2D eigenvalue weighted by Crippen LogP contribution is 2.26. The van der Waals surface area contributed by atoms with Crippen molar-refractivity contribution in [2.75, 3.05) is 6.61 Å².